The average Bonchev–Trinajstić information content (AvgIpc) is 3.50. The Hall–Kier alpha value is -5.08. The molecule has 12 aromatic rings. The summed E-state index contributed by atoms with van der Waals surface area (Å²) in [6.07, 6.45) is 0. The van der Waals surface area contributed by atoms with Crippen molar-refractivity contribution in [2.45, 2.75) is 0 Å². The molecule has 6 aromatic carbocycles. The van der Waals surface area contributed by atoms with Crippen molar-refractivity contribution in [1.82, 2.24) is 8.80 Å². The minimum atomic E-state index is 1.18. The molecular formula is C36H22N2. The number of aromatic nitrogens is 2. The van der Waals surface area contributed by atoms with Gasteiger partial charge in [0, 0.05) is 32.6 Å². The highest BCUT2D eigenvalue weighted by Crippen LogP contribution is 2.40. The van der Waals surface area contributed by atoms with Crippen molar-refractivity contribution >= 4 is 76.2 Å². The Labute approximate surface area is 218 Å². The molecule has 6 heterocycles. The third kappa shape index (κ3) is 2.56. The normalized spacial score (nSPS) is 12.2. The number of hydrogen-bond acceptors (Lipinski definition) is 0. The van der Waals surface area contributed by atoms with E-state index in [0.29, 0.717) is 0 Å². The standard InChI is InChI=1S/C36H22N2/c1-3-13-31-29(11-1)35-33-19-20-34-36(35)30-12-2-4-14-32(30)38(34)28-10-6-8-26(22-28)24-17-15-23(16-18-24)25-7-5-9-27(21-25)37(31)33/h1-22H. The molecule has 0 N–H and O–H groups in total. The fourth-order valence-corrected chi connectivity index (χ4v) is 6.58. The van der Waals surface area contributed by atoms with E-state index >= 15 is 0 Å². The fourth-order valence-electron chi connectivity index (χ4n) is 6.58. The van der Waals surface area contributed by atoms with Crippen molar-refractivity contribution in [3.05, 3.63) is 133 Å². The first-order valence-corrected chi connectivity index (χ1v) is 13.1. The Balaban J connectivity index is 1.71. The zero-order chi connectivity index (χ0) is 24.8. The molecule has 0 saturated carbocycles. The van der Waals surface area contributed by atoms with Crippen molar-refractivity contribution in [2.24, 2.45) is 0 Å². The van der Waals surface area contributed by atoms with Crippen molar-refractivity contribution in [3.63, 3.8) is 0 Å². The third-order valence-electron chi connectivity index (χ3n) is 8.23. The van der Waals surface area contributed by atoms with Crippen LogP contribution in [0.3, 0.4) is 0 Å². The van der Waals surface area contributed by atoms with E-state index in [1.807, 2.05) is 0 Å². The van der Waals surface area contributed by atoms with Gasteiger partial charge in [0.25, 0.3) is 0 Å². The topological polar surface area (TPSA) is 8.82 Å². The maximum atomic E-state index is 2.43. The first kappa shape index (κ1) is 20.0. The van der Waals surface area contributed by atoms with Gasteiger partial charge in [0.05, 0.1) is 22.1 Å². The molecule has 2 heteroatoms. The van der Waals surface area contributed by atoms with Crippen LogP contribution in [-0.4, -0.2) is 8.80 Å². The Morgan fingerprint density at radius 3 is 1.24 bits per heavy atom. The first-order valence-electron chi connectivity index (χ1n) is 13.1. The minimum absolute atomic E-state index is 1.18. The van der Waals surface area contributed by atoms with E-state index in [4.69, 9.17) is 0 Å². The number of hydrogen-bond donors (Lipinski definition) is 0. The summed E-state index contributed by atoms with van der Waals surface area (Å²) in [5.74, 6) is 0. The summed E-state index contributed by atoms with van der Waals surface area (Å²) in [6, 6.07) is 49.1. The van der Waals surface area contributed by atoms with E-state index in [0.717, 1.165) is 0 Å². The second kappa shape index (κ2) is 7.24. The van der Waals surface area contributed by atoms with E-state index < -0.39 is 0 Å². The van der Waals surface area contributed by atoms with Crippen LogP contribution in [0.2, 0.25) is 0 Å². The van der Waals surface area contributed by atoms with Crippen LogP contribution in [0.4, 0.5) is 0 Å². The van der Waals surface area contributed by atoms with Gasteiger partial charge in [-0.2, -0.15) is 0 Å². The van der Waals surface area contributed by atoms with Crippen LogP contribution >= 0.6 is 0 Å². The second-order valence-electron chi connectivity index (χ2n) is 10.2. The largest absolute Gasteiger partial charge is 0.309 e. The Morgan fingerprint density at radius 2 is 0.763 bits per heavy atom. The molecule has 0 amide bonds. The molecular weight excluding hydrogens is 460 g/mol. The zero-order valence-electron chi connectivity index (χ0n) is 20.6. The van der Waals surface area contributed by atoms with Gasteiger partial charge in [-0.25, -0.2) is 0 Å². The summed E-state index contributed by atoms with van der Waals surface area (Å²) in [5.41, 5.74) is 7.28. The SMILES string of the molecule is c1ccc2c(c1)c1c3c4ccccc4n4c5cccc(c5)c5ccc(cc5)c5cccc(c5)n2c1ccc34. The lowest BCUT2D eigenvalue weighted by atomic mass is 10.1. The molecule has 0 saturated heterocycles. The van der Waals surface area contributed by atoms with E-state index in [-0.39, 0.29) is 0 Å². The van der Waals surface area contributed by atoms with Crippen LogP contribution in [-0.2, 0) is 0 Å². The predicted octanol–water partition coefficient (Wildman–Crippen LogP) is 9.67. The highest BCUT2D eigenvalue weighted by Gasteiger charge is 2.17. The third-order valence-corrected chi connectivity index (χ3v) is 8.23. The summed E-state index contributed by atoms with van der Waals surface area (Å²) in [5, 5.41) is 10.1. The number of rotatable bonds is 0. The molecule has 0 fully saturated rings. The van der Waals surface area contributed by atoms with Gasteiger partial charge in [-0.3, -0.25) is 0 Å². The molecule has 2 nitrogen and oxygen atoms in total. The van der Waals surface area contributed by atoms with Crippen molar-refractivity contribution < 1.29 is 0 Å². The van der Waals surface area contributed by atoms with E-state index in [9.17, 15) is 0 Å². The molecule has 0 aliphatic heterocycles. The van der Waals surface area contributed by atoms with Gasteiger partial charge in [-0.15, -0.1) is 0 Å². The number of para-hydroxylation sites is 2. The molecule has 0 aliphatic rings. The maximum Gasteiger partial charge on any atom is 0.0548 e. The van der Waals surface area contributed by atoms with Crippen molar-refractivity contribution in [1.29, 1.82) is 0 Å². The number of benzene rings is 6. The maximum absolute atomic E-state index is 2.43. The summed E-state index contributed by atoms with van der Waals surface area (Å²) in [6.45, 7) is 0. The average molecular weight is 483 g/mol. The molecule has 38 heavy (non-hydrogen) atoms. The second-order valence-corrected chi connectivity index (χ2v) is 10.2. The molecule has 0 atom stereocenters. The van der Waals surface area contributed by atoms with Crippen molar-refractivity contribution in [2.75, 3.05) is 0 Å². The molecule has 176 valence electrons. The number of fused-ring (bicyclic) bond motifs is 2. The van der Waals surface area contributed by atoms with Crippen molar-refractivity contribution in [3.8, 4) is 0 Å². The Kier molecular flexibility index (Phi) is 3.82. The van der Waals surface area contributed by atoms with Gasteiger partial charge >= 0.3 is 0 Å². The van der Waals surface area contributed by atoms with Crippen LogP contribution in [0.5, 0.6) is 0 Å². The van der Waals surface area contributed by atoms with Crippen LogP contribution in [0, 0.1) is 0 Å². The number of nitrogens with zero attached hydrogens (tertiary/aromatic N) is 2. The van der Waals surface area contributed by atoms with E-state index in [2.05, 4.69) is 142 Å². The van der Waals surface area contributed by atoms with E-state index in [1.54, 1.807) is 0 Å². The van der Waals surface area contributed by atoms with Crippen LogP contribution in [0.15, 0.2) is 133 Å². The van der Waals surface area contributed by atoms with Crippen LogP contribution in [0.25, 0.3) is 76.2 Å². The lowest BCUT2D eigenvalue weighted by Crippen LogP contribution is -1.86. The summed E-state index contributed by atoms with van der Waals surface area (Å²) in [4.78, 5) is 0. The summed E-state index contributed by atoms with van der Waals surface area (Å²) in [7, 11) is 0. The fraction of sp³-hybridized carbons (Fsp3) is 0. The van der Waals surface area contributed by atoms with Gasteiger partial charge in [0.15, 0.2) is 0 Å². The molecule has 0 radical (unpaired) electrons. The monoisotopic (exact) mass is 482 g/mol. The lowest BCUT2D eigenvalue weighted by molar-refractivity contribution is 1.32. The highest BCUT2D eigenvalue weighted by molar-refractivity contribution is 6.28. The molecule has 6 aromatic heterocycles. The quantitative estimate of drug-likeness (QED) is 0.203. The van der Waals surface area contributed by atoms with Gasteiger partial charge < -0.3 is 8.80 Å². The van der Waals surface area contributed by atoms with Gasteiger partial charge in [0.1, 0.15) is 0 Å². The zero-order valence-corrected chi connectivity index (χ0v) is 20.6. The smallest absolute Gasteiger partial charge is 0.0548 e. The highest BCUT2D eigenvalue weighted by atomic mass is 14.9. The van der Waals surface area contributed by atoms with Crippen LogP contribution < -0.4 is 0 Å². The van der Waals surface area contributed by atoms with E-state index in [1.165, 1.54) is 76.2 Å². The van der Waals surface area contributed by atoms with Gasteiger partial charge in [0.2, 0.25) is 0 Å². The summed E-state index contributed by atoms with van der Waals surface area (Å²) < 4.78 is 4.86. The molecule has 0 spiro atoms. The minimum Gasteiger partial charge on any atom is -0.309 e. The molecule has 12 bridgehead atoms. The first-order chi connectivity index (χ1) is 18.8. The molecule has 12 rings (SSSR count). The lowest BCUT2D eigenvalue weighted by Gasteiger charge is -2.04. The Morgan fingerprint density at radius 1 is 0.316 bits per heavy atom. The molecule has 0 unspecified atom stereocenters. The molecule has 0 aliphatic carbocycles. The summed E-state index contributed by atoms with van der Waals surface area (Å²) >= 11 is 0. The van der Waals surface area contributed by atoms with Crippen LogP contribution in [0.1, 0.15) is 0 Å². The van der Waals surface area contributed by atoms with Gasteiger partial charge in [-0.1, -0.05) is 84.9 Å². The predicted molar refractivity (Wildman–Crippen MR) is 162 cm³/mol. The van der Waals surface area contributed by atoms with Gasteiger partial charge in [-0.05, 0) is 70.1 Å². The Bertz CT molecular complexity index is 2260.